The van der Waals surface area contributed by atoms with Crippen molar-refractivity contribution < 1.29 is 14.0 Å². The van der Waals surface area contributed by atoms with Crippen molar-refractivity contribution in [2.45, 2.75) is 77.8 Å². The van der Waals surface area contributed by atoms with E-state index < -0.39 is 16.4 Å². The third kappa shape index (κ3) is 4.86. The Kier molecular flexibility index (Phi) is 6.45. The van der Waals surface area contributed by atoms with Gasteiger partial charge in [-0.25, -0.2) is 4.79 Å². The molecule has 2 atom stereocenters. The van der Waals surface area contributed by atoms with E-state index in [1.54, 1.807) is 6.92 Å². The van der Waals surface area contributed by atoms with Gasteiger partial charge in [0.05, 0.1) is 8.07 Å². The molecular weight excluding hydrogens is 284 g/mol. The van der Waals surface area contributed by atoms with Crippen molar-refractivity contribution in [2.75, 3.05) is 0 Å². The van der Waals surface area contributed by atoms with Crippen molar-refractivity contribution in [2.24, 2.45) is 0 Å². The zero-order chi connectivity index (χ0) is 16.4. The van der Waals surface area contributed by atoms with Gasteiger partial charge in [-0.15, -0.1) is 0 Å². The number of rotatable bonds is 7. The van der Waals surface area contributed by atoms with Gasteiger partial charge in [0.2, 0.25) is 8.32 Å². The molecule has 0 fully saturated rings. The molecule has 0 saturated heterocycles. The quantitative estimate of drug-likeness (QED) is 0.399. The summed E-state index contributed by atoms with van der Waals surface area (Å²) in [6, 6.07) is 0. The van der Waals surface area contributed by atoms with Gasteiger partial charge in [0.15, 0.2) is 0 Å². The van der Waals surface area contributed by atoms with Crippen molar-refractivity contribution in [3.63, 3.8) is 0 Å². The number of carbonyl (C=O) groups excluding carboxylic acids is 1. The van der Waals surface area contributed by atoms with E-state index in [1.807, 2.05) is 6.92 Å². The van der Waals surface area contributed by atoms with Crippen LogP contribution in [0.15, 0.2) is 12.2 Å². The van der Waals surface area contributed by atoms with E-state index in [0.717, 1.165) is 6.42 Å². The molecule has 0 aromatic carbocycles. The van der Waals surface area contributed by atoms with Crippen LogP contribution in [0.25, 0.3) is 0 Å². The Labute approximate surface area is 126 Å². The Morgan fingerprint density at radius 2 is 1.70 bits per heavy atom. The van der Waals surface area contributed by atoms with Gasteiger partial charge >= 0.3 is 5.97 Å². The van der Waals surface area contributed by atoms with Gasteiger partial charge in [0.1, 0.15) is 5.73 Å². The molecule has 0 aliphatic heterocycles. The van der Waals surface area contributed by atoms with Gasteiger partial charge in [-0.2, -0.15) is 0 Å². The normalized spacial score (nSPS) is 17.2. The summed E-state index contributed by atoms with van der Waals surface area (Å²) in [5.74, 6) is -0.326. The van der Waals surface area contributed by atoms with Crippen LogP contribution in [-0.4, -0.2) is 33.3 Å². The number of esters is 1. The van der Waals surface area contributed by atoms with E-state index in [9.17, 15) is 4.79 Å². The molecule has 0 N–H and O–H groups in total. The van der Waals surface area contributed by atoms with Gasteiger partial charge in [0, 0.05) is 10.8 Å². The summed E-state index contributed by atoms with van der Waals surface area (Å²) in [6.07, 6.45) is 0.986. The van der Waals surface area contributed by atoms with E-state index in [0.29, 0.717) is 5.57 Å². The predicted molar refractivity (Wildman–Crippen MR) is 91.0 cm³/mol. The highest BCUT2D eigenvalue weighted by Gasteiger charge is 2.46. The van der Waals surface area contributed by atoms with Gasteiger partial charge < -0.3 is 9.16 Å². The highest BCUT2D eigenvalue weighted by atomic mass is 28.4. The second kappa shape index (κ2) is 6.58. The fourth-order valence-corrected chi connectivity index (χ4v) is 6.76. The second-order valence-corrected chi connectivity index (χ2v) is 17.1. The van der Waals surface area contributed by atoms with Crippen LogP contribution >= 0.6 is 0 Å². The first-order chi connectivity index (χ1) is 8.77. The topological polar surface area (TPSA) is 35.5 Å². The van der Waals surface area contributed by atoms with Crippen LogP contribution in [0.3, 0.4) is 0 Å². The van der Waals surface area contributed by atoms with Gasteiger partial charge in [-0.05, 0) is 40.3 Å². The van der Waals surface area contributed by atoms with Crippen LogP contribution in [0.4, 0.5) is 0 Å². The summed E-state index contributed by atoms with van der Waals surface area (Å²) in [5, 5.41) is -0.0907. The van der Waals surface area contributed by atoms with Crippen molar-refractivity contribution in [1.82, 2.24) is 0 Å². The molecule has 0 heterocycles. The number of hydrogen-bond acceptors (Lipinski definition) is 3. The number of carbonyl (C=O) groups is 1. The van der Waals surface area contributed by atoms with E-state index in [4.69, 9.17) is 9.16 Å². The monoisotopic (exact) mass is 316 g/mol. The molecule has 2 unspecified atom stereocenters. The third-order valence-corrected chi connectivity index (χ3v) is 11.2. The Morgan fingerprint density at radius 3 is 2.00 bits per heavy atom. The first-order valence-electron chi connectivity index (χ1n) is 7.33. The minimum Gasteiger partial charge on any atom is -0.460 e. The summed E-state index contributed by atoms with van der Waals surface area (Å²) in [5.41, 5.74) is 0.249. The SMILES string of the molecule is C=C(C)C(=O)OC(C)[Si](C)(C)OC(C)(CC)[Si](C)(C)C. The summed E-state index contributed by atoms with van der Waals surface area (Å²) >= 11 is 0. The van der Waals surface area contributed by atoms with Gasteiger partial charge in [-0.1, -0.05) is 33.1 Å². The number of hydrogen-bond donors (Lipinski definition) is 0. The Hall–Kier alpha value is -0.396. The molecule has 0 amide bonds. The minimum absolute atomic E-state index is 0.0907. The zero-order valence-electron chi connectivity index (χ0n) is 14.7. The average molecular weight is 317 g/mol. The van der Waals surface area contributed by atoms with Crippen LogP contribution in [0, 0.1) is 0 Å². The van der Waals surface area contributed by atoms with Crippen LogP contribution in [0.2, 0.25) is 32.7 Å². The Bertz CT molecular complexity index is 372. The molecule has 0 aliphatic carbocycles. The maximum atomic E-state index is 11.7. The second-order valence-electron chi connectivity index (χ2n) is 7.37. The molecule has 0 rings (SSSR count). The smallest absolute Gasteiger partial charge is 0.333 e. The maximum absolute atomic E-state index is 11.7. The van der Waals surface area contributed by atoms with Crippen molar-refractivity contribution in [3.05, 3.63) is 12.2 Å². The molecule has 0 aromatic rings. The first-order valence-corrected chi connectivity index (χ1v) is 13.8. The molecule has 0 aliphatic rings. The fraction of sp³-hybridized carbons (Fsp3) is 0.800. The molecule has 0 aromatic heterocycles. The maximum Gasteiger partial charge on any atom is 0.333 e. The lowest BCUT2D eigenvalue weighted by Gasteiger charge is -2.46. The molecular formula is C15H32O3Si2. The van der Waals surface area contributed by atoms with Crippen molar-refractivity contribution in [3.8, 4) is 0 Å². The van der Waals surface area contributed by atoms with Crippen molar-refractivity contribution in [1.29, 1.82) is 0 Å². The molecule has 118 valence electrons. The molecule has 0 spiro atoms. The molecule has 20 heavy (non-hydrogen) atoms. The van der Waals surface area contributed by atoms with E-state index in [2.05, 4.69) is 53.2 Å². The van der Waals surface area contributed by atoms with Crippen LogP contribution in [0.5, 0.6) is 0 Å². The highest BCUT2D eigenvalue weighted by molar-refractivity contribution is 6.81. The van der Waals surface area contributed by atoms with Gasteiger partial charge in [0.25, 0.3) is 0 Å². The first kappa shape index (κ1) is 19.6. The lowest BCUT2D eigenvalue weighted by molar-refractivity contribution is -0.141. The van der Waals surface area contributed by atoms with Crippen LogP contribution in [0.1, 0.15) is 34.1 Å². The van der Waals surface area contributed by atoms with E-state index >= 15 is 0 Å². The molecule has 0 radical (unpaired) electrons. The summed E-state index contributed by atoms with van der Waals surface area (Å²) in [6.45, 7) is 22.8. The lowest BCUT2D eigenvalue weighted by Crippen LogP contribution is -2.60. The lowest BCUT2D eigenvalue weighted by atomic mass is 10.3. The molecule has 0 bridgehead atoms. The zero-order valence-corrected chi connectivity index (χ0v) is 16.7. The van der Waals surface area contributed by atoms with E-state index in [-0.39, 0.29) is 16.9 Å². The largest absolute Gasteiger partial charge is 0.460 e. The molecule has 0 saturated carbocycles. The predicted octanol–water partition coefficient (Wildman–Crippen LogP) is 4.30. The highest BCUT2D eigenvalue weighted by Crippen LogP contribution is 2.33. The van der Waals surface area contributed by atoms with Crippen LogP contribution < -0.4 is 0 Å². The van der Waals surface area contributed by atoms with Crippen molar-refractivity contribution >= 4 is 22.4 Å². The third-order valence-electron chi connectivity index (χ3n) is 4.36. The van der Waals surface area contributed by atoms with E-state index in [1.165, 1.54) is 0 Å². The summed E-state index contributed by atoms with van der Waals surface area (Å²) in [7, 11) is -3.60. The minimum atomic E-state index is -2.13. The fourth-order valence-electron chi connectivity index (χ4n) is 1.82. The van der Waals surface area contributed by atoms with Gasteiger partial charge in [-0.3, -0.25) is 0 Å². The number of ether oxygens (including phenoxy) is 1. The van der Waals surface area contributed by atoms with Crippen LogP contribution in [-0.2, 0) is 14.0 Å². The molecule has 3 nitrogen and oxygen atoms in total. The Balaban J connectivity index is 5.05. The standard InChI is InChI=1S/C15H32O3Si2/c1-11-15(5,19(6,7)8)18-20(9,10)13(4)17-14(16)12(2)3/h13H,2,11H2,1,3-10H3. The summed E-state index contributed by atoms with van der Waals surface area (Å²) in [4.78, 5) is 11.7. The Morgan fingerprint density at radius 1 is 1.25 bits per heavy atom. The average Bonchev–Trinajstić information content (AvgIpc) is 2.26. The molecule has 5 heteroatoms. The summed E-state index contributed by atoms with van der Waals surface area (Å²) < 4.78 is 12.1.